The van der Waals surface area contributed by atoms with Gasteiger partial charge in [-0.1, -0.05) is 0 Å². The van der Waals surface area contributed by atoms with Crippen LogP contribution in [-0.4, -0.2) is 36.0 Å². The minimum absolute atomic E-state index is 0.0471. The number of carboxylic acids is 1. The summed E-state index contributed by atoms with van der Waals surface area (Å²) in [5, 5.41) is 14.3. The SMILES string of the molecule is CNC(=O)C1CCC(NC(=O)C2CC2C(=O)O)CC1. The zero-order valence-electron chi connectivity index (χ0n) is 11.0. The largest absolute Gasteiger partial charge is 0.481 e. The van der Waals surface area contributed by atoms with Gasteiger partial charge in [-0.25, -0.2) is 0 Å². The smallest absolute Gasteiger partial charge is 0.307 e. The van der Waals surface area contributed by atoms with Gasteiger partial charge in [0, 0.05) is 19.0 Å². The lowest BCUT2D eigenvalue weighted by atomic mass is 9.85. The van der Waals surface area contributed by atoms with Crippen molar-refractivity contribution in [3.8, 4) is 0 Å². The average molecular weight is 268 g/mol. The van der Waals surface area contributed by atoms with Gasteiger partial charge in [0.05, 0.1) is 11.8 Å². The topological polar surface area (TPSA) is 95.5 Å². The van der Waals surface area contributed by atoms with E-state index in [-0.39, 0.29) is 29.7 Å². The number of carbonyl (C=O) groups excluding carboxylic acids is 2. The van der Waals surface area contributed by atoms with E-state index in [1.165, 1.54) is 0 Å². The molecule has 0 aromatic carbocycles. The highest BCUT2D eigenvalue weighted by Crippen LogP contribution is 2.39. The molecule has 2 unspecified atom stereocenters. The van der Waals surface area contributed by atoms with E-state index >= 15 is 0 Å². The molecule has 2 amide bonds. The van der Waals surface area contributed by atoms with E-state index in [2.05, 4.69) is 10.6 Å². The first-order valence-electron chi connectivity index (χ1n) is 6.77. The van der Waals surface area contributed by atoms with Crippen LogP contribution in [0.15, 0.2) is 0 Å². The van der Waals surface area contributed by atoms with E-state index in [4.69, 9.17) is 5.11 Å². The van der Waals surface area contributed by atoms with Gasteiger partial charge in [-0.2, -0.15) is 0 Å². The molecule has 0 radical (unpaired) electrons. The van der Waals surface area contributed by atoms with Crippen LogP contribution in [0.4, 0.5) is 0 Å². The molecule has 6 heteroatoms. The van der Waals surface area contributed by atoms with Crippen LogP contribution in [-0.2, 0) is 14.4 Å². The standard InChI is InChI=1S/C13H20N2O4/c1-14-11(16)7-2-4-8(5-3-7)15-12(17)9-6-10(9)13(18)19/h7-10H,2-6H2,1H3,(H,14,16)(H,15,17)(H,18,19). The van der Waals surface area contributed by atoms with Crippen molar-refractivity contribution >= 4 is 17.8 Å². The summed E-state index contributed by atoms with van der Waals surface area (Å²) in [6.45, 7) is 0. The highest BCUT2D eigenvalue weighted by atomic mass is 16.4. The van der Waals surface area contributed by atoms with Gasteiger partial charge in [-0.3, -0.25) is 14.4 Å². The summed E-state index contributed by atoms with van der Waals surface area (Å²) < 4.78 is 0. The van der Waals surface area contributed by atoms with Crippen molar-refractivity contribution in [2.45, 2.75) is 38.1 Å². The summed E-state index contributed by atoms with van der Waals surface area (Å²) >= 11 is 0. The predicted octanol–water partition coefficient (Wildman–Crippen LogP) is 0.128. The van der Waals surface area contributed by atoms with Crippen LogP contribution >= 0.6 is 0 Å². The number of aliphatic carboxylic acids is 1. The zero-order chi connectivity index (χ0) is 14.0. The van der Waals surface area contributed by atoms with Crippen molar-refractivity contribution < 1.29 is 19.5 Å². The number of nitrogens with one attached hydrogen (secondary N) is 2. The first-order valence-corrected chi connectivity index (χ1v) is 6.77. The molecule has 2 fully saturated rings. The third kappa shape index (κ3) is 3.24. The zero-order valence-corrected chi connectivity index (χ0v) is 11.0. The Labute approximate surface area is 111 Å². The molecule has 2 atom stereocenters. The van der Waals surface area contributed by atoms with E-state index in [9.17, 15) is 14.4 Å². The summed E-state index contributed by atoms with van der Waals surface area (Å²) in [6.07, 6.45) is 3.58. The van der Waals surface area contributed by atoms with Gasteiger partial charge in [0.1, 0.15) is 0 Å². The Kier molecular flexibility index (Phi) is 4.07. The van der Waals surface area contributed by atoms with Crippen LogP contribution in [0.5, 0.6) is 0 Å². The summed E-state index contributed by atoms with van der Waals surface area (Å²) in [6, 6.07) is 0.0865. The first-order chi connectivity index (χ1) is 9.02. The van der Waals surface area contributed by atoms with E-state index in [0.717, 1.165) is 25.7 Å². The van der Waals surface area contributed by atoms with Crippen LogP contribution in [0.1, 0.15) is 32.1 Å². The summed E-state index contributed by atoms with van der Waals surface area (Å²) in [7, 11) is 1.63. The lowest BCUT2D eigenvalue weighted by molar-refractivity contribution is -0.140. The molecule has 3 N–H and O–H groups in total. The molecule has 0 aliphatic heterocycles. The van der Waals surface area contributed by atoms with Crippen molar-refractivity contribution in [1.29, 1.82) is 0 Å². The van der Waals surface area contributed by atoms with Crippen LogP contribution < -0.4 is 10.6 Å². The average Bonchev–Trinajstić information content (AvgIpc) is 3.19. The molecule has 0 heterocycles. The molecule has 106 valence electrons. The number of amides is 2. The summed E-state index contributed by atoms with van der Waals surface area (Å²) in [5.41, 5.74) is 0. The monoisotopic (exact) mass is 268 g/mol. The lowest BCUT2D eigenvalue weighted by Crippen LogP contribution is -2.41. The lowest BCUT2D eigenvalue weighted by Gasteiger charge is -2.28. The van der Waals surface area contributed by atoms with Crippen molar-refractivity contribution in [3.05, 3.63) is 0 Å². The number of carboxylic acid groups (broad SMARTS) is 1. The number of rotatable bonds is 4. The minimum atomic E-state index is -0.886. The molecular formula is C13H20N2O4. The van der Waals surface area contributed by atoms with Gasteiger partial charge < -0.3 is 15.7 Å². The highest BCUT2D eigenvalue weighted by molar-refractivity contribution is 5.89. The van der Waals surface area contributed by atoms with Crippen LogP contribution in [0, 0.1) is 17.8 Å². The maximum Gasteiger partial charge on any atom is 0.307 e. The molecule has 2 saturated carbocycles. The first kappa shape index (κ1) is 13.8. The molecule has 0 aromatic rings. The fraction of sp³-hybridized carbons (Fsp3) is 0.769. The number of hydrogen-bond acceptors (Lipinski definition) is 3. The molecule has 2 aliphatic carbocycles. The van der Waals surface area contributed by atoms with Crippen molar-refractivity contribution in [2.75, 3.05) is 7.05 Å². The highest BCUT2D eigenvalue weighted by Gasteiger charge is 2.48. The Balaban J connectivity index is 1.73. The second kappa shape index (κ2) is 5.59. The fourth-order valence-electron chi connectivity index (χ4n) is 2.77. The Bertz CT molecular complexity index is 388. The quantitative estimate of drug-likeness (QED) is 0.675. The van der Waals surface area contributed by atoms with E-state index in [0.29, 0.717) is 6.42 Å². The fourth-order valence-corrected chi connectivity index (χ4v) is 2.77. The second-order valence-electron chi connectivity index (χ2n) is 5.46. The van der Waals surface area contributed by atoms with Crippen LogP contribution in [0.2, 0.25) is 0 Å². The Morgan fingerprint density at radius 1 is 1.00 bits per heavy atom. The van der Waals surface area contributed by atoms with Gasteiger partial charge >= 0.3 is 5.97 Å². The van der Waals surface area contributed by atoms with Gasteiger partial charge in [0.15, 0.2) is 0 Å². The molecule has 0 bridgehead atoms. The van der Waals surface area contributed by atoms with Gasteiger partial charge in [-0.05, 0) is 32.1 Å². The molecular weight excluding hydrogens is 248 g/mol. The normalized spacial score (nSPS) is 33.3. The van der Waals surface area contributed by atoms with Gasteiger partial charge in [0.25, 0.3) is 0 Å². The molecule has 0 aromatic heterocycles. The molecule has 2 aliphatic rings. The summed E-state index contributed by atoms with van der Waals surface area (Å²) in [4.78, 5) is 34.0. The Morgan fingerprint density at radius 3 is 2.11 bits per heavy atom. The van der Waals surface area contributed by atoms with Crippen LogP contribution in [0.3, 0.4) is 0 Å². The van der Waals surface area contributed by atoms with Crippen molar-refractivity contribution in [3.63, 3.8) is 0 Å². The third-order valence-corrected chi connectivity index (χ3v) is 4.14. The second-order valence-corrected chi connectivity index (χ2v) is 5.46. The minimum Gasteiger partial charge on any atom is -0.481 e. The van der Waals surface area contributed by atoms with E-state index < -0.39 is 11.9 Å². The van der Waals surface area contributed by atoms with E-state index in [1.807, 2.05) is 0 Å². The molecule has 6 nitrogen and oxygen atoms in total. The molecule has 2 rings (SSSR count). The van der Waals surface area contributed by atoms with Gasteiger partial charge in [-0.15, -0.1) is 0 Å². The number of hydrogen-bond donors (Lipinski definition) is 3. The maximum absolute atomic E-state index is 11.8. The molecule has 0 saturated heterocycles. The van der Waals surface area contributed by atoms with E-state index in [1.54, 1.807) is 7.05 Å². The van der Waals surface area contributed by atoms with Crippen molar-refractivity contribution in [2.24, 2.45) is 17.8 Å². The third-order valence-electron chi connectivity index (χ3n) is 4.14. The maximum atomic E-state index is 11.8. The van der Waals surface area contributed by atoms with Crippen LogP contribution in [0.25, 0.3) is 0 Å². The predicted molar refractivity (Wildman–Crippen MR) is 67.2 cm³/mol. The summed E-state index contributed by atoms with van der Waals surface area (Å²) in [5.74, 6) is -1.76. The van der Waals surface area contributed by atoms with Crippen molar-refractivity contribution in [1.82, 2.24) is 10.6 Å². The number of carbonyl (C=O) groups is 3. The Morgan fingerprint density at radius 2 is 1.63 bits per heavy atom. The Hall–Kier alpha value is -1.59. The van der Waals surface area contributed by atoms with Gasteiger partial charge in [0.2, 0.25) is 11.8 Å². The molecule has 19 heavy (non-hydrogen) atoms. The molecule has 0 spiro atoms.